The van der Waals surface area contributed by atoms with Gasteiger partial charge >= 0.3 is 6.18 Å². The van der Waals surface area contributed by atoms with Crippen molar-refractivity contribution < 1.29 is 22.4 Å². The van der Waals surface area contributed by atoms with Crippen molar-refractivity contribution in [2.45, 2.75) is 12.1 Å². The molecule has 0 saturated heterocycles. The average molecular weight is 567 g/mol. The van der Waals surface area contributed by atoms with Gasteiger partial charge in [-0.15, -0.1) is 0 Å². The number of hydrogen-bond donors (Lipinski definition) is 0. The maximum atomic E-state index is 14.9. The van der Waals surface area contributed by atoms with Crippen molar-refractivity contribution in [3.05, 3.63) is 91.6 Å². The smallest absolute Gasteiger partial charge is 0.336 e. The Morgan fingerprint density at radius 2 is 1.63 bits per heavy atom. The molecular formula is C23H15Cl4F4N3O. The number of halogens is 8. The summed E-state index contributed by atoms with van der Waals surface area (Å²) in [6.07, 6.45) is -1.45. The van der Waals surface area contributed by atoms with E-state index < -0.39 is 29.3 Å². The van der Waals surface area contributed by atoms with Crippen LogP contribution < -0.4 is 4.90 Å². The number of allylic oxidation sites excluding steroid dienone is 1. The molecule has 0 aliphatic rings. The number of likely N-dealkylation sites (N-methyl/N-ethyl adjacent to an activating group) is 1. The van der Waals surface area contributed by atoms with Crippen LogP contribution in [0.3, 0.4) is 0 Å². The zero-order chi connectivity index (χ0) is 25.9. The van der Waals surface area contributed by atoms with Gasteiger partial charge in [0.15, 0.2) is 5.78 Å². The van der Waals surface area contributed by atoms with Crippen molar-refractivity contribution in [3.8, 4) is 0 Å². The normalized spacial score (nSPS) is 13.0. The molecule has 35 heavy (non-hydrogen) atoms. The molecule has 12 heteroatoms. The van der Waals surface area contributed by atoms with Gasteiger partial charge in [0, 0.05) is 30.6 Å². The van der Waals surface area contributed by atoms with Crippen LogP contribution in [0.1, 0.15) is 27.4 Å². The Labute approximate surface area is 218 Å². The molecule has 0 N–H and O–H groups in total. The van der Waals surface area contributed by atoms with E-state index in [4.69, 9.17) is 46.4 Å². The number of carbonyl (C=O) groups excluding carboxylic acids is 1. The molecule has 0 fully saturated rings. The van der Waals surface area contributed by atoms with E-state index in [2.05, 4.69) is 9.97 Å². The first kappa shape index (κ1) is 27.2. The monoisotopic (exact) mass is 565 g/mol. The number of nitrogens with zero attached hydrogens (tertiary/aromatic N) is 3. The largest absolute Gasteiger partial charge is 0.399 e. The number of carbonyl (C=O) groups is 1. The van der Waals surface area contributed by atoms with Crippen LogP contribution in [-0.4, -0.2) is 35.5 Å². The highest BCUT2D eigenvalue weighted by molar-refractivity contribution is 6.48. The van der Waals surface area contributed by atoms with Gasteiger partial charge in [0.1, 0.15) is 11.7 Å². The summed E-state index contributed by atoms with van der Waals surface area (Å²) in [5.41, 5.74) is -0.572. The maximum Gasteiger partial charge on any atom is 0.399 e. The summed E-state index contributed by atoms with van der Waals surface area (Å²) in [7, 11) is 1.60. The lowest BCUT2D eigenvalue weighted by Crippen LogP contribution is -2.27. The number of Topliss-reactive ketones (excluding diaryl/α,β-unsaturated/α-hetero) is 1. The van der Waals surface area contributed by atoms with Crippen molar-refractivity contribution in [2.24, 2.45) is 0 Å². The molecule has 184 valence electrons. The number of aromatic nitrogens is 2. The van der Waals surface area contributed by atoms with Gasteiger partial charge in [-0.25, -0.2) is 14.4 Å². The Morgan fingerprint density at radius 1 is 1.03 bits per heavy atom. The Bertz CT molecular complexity index is 1250. The van der Waals surface area contributed by atoms with Crippen LogP contribution in [-0.2, 0) is 0 Å². The topological polar surface area (TPSA) is 46.1 Å². The summed E-state index contributed by atoms with van der Waals surface area (Å²) in [5.74, 6) is -3.68. The maximum absolute atomic E-state index is 14.9. The lowest BCUT2D eigenvalue weighted by molar-refractivity contribution is -0.139. The van der Waals surface area contributed by atoms with Crippen molar-refractivity contribution in [1.29, 1.82) is 0 Å². The highest BCUT2D eigenvalue weighted by Gasteiger charge is 2.40. The van der Waals surface area contributed by atoms with Crippen LogP contribution in [0.4, 0.5) is 23.5 Å². The third kappa shape index (κ3) is 6.64. The molecule has 2 aromatic carbocycles. The minimum Gasteiger partial charge on any atom is -0.336 e. The summed E-state index contributed by atoms with van der Waals surface area (Å²) in [6.45, 7) is -0.129. The molecule has 0 amide bonds. The lowest BCUT2D eigenvalue weighted by atomic mass is 9.96. The minimum absolute atomic E-state index is 0.0645. The van der Waals surface area contributed by atoms with Gasteiger partial charge in [-0.1, -0.05) is 52.5 Å². The molecule has 1 unspecified atom stereocenters. The SMILES string of the molecule is CN(CC(=O)c1ccc(/C(F)=C/C(c2cc(Cl)c(Cl)c(Cl)c2)C(F)(F)F)cc1Cl)c1ncccn1. The van der Waals surface area contributed by atoms with Gasteiger partial charge < -0.3 is 4.90 Å². The fraction of sp³-hybridized carbons (Fsp3) is 0.174. The molecule has 0 spiro atoms. The van der Waals surface area contributed by atoms with E-state index in [1.807, 2.05) is 0 Å². The molecule has 0 aliphatic carbocycles. The third-order valence-electron chi connectivity index (χ3n) is 4.85. The van der Waals surface area contributed by atoms with Gasteiger partial charge in [0.25, 0.3) is 0 Å². The van der Waals surface area contributed by atoms with Gasteiger partial charge in [0.2, 0.25) is 5.95 Å². The molecular weight excluding hydrogens is 552 g/mol. The molecule has 0 saturated carbocycles. The van der Waals surface area contributed by atoms with Crippen LogP contribution in [0.2, 0.25) is 20.1 Å². The highest BCUT2D eigenvalue weighted by atomic mass is 35.5. The molecule has 1 atom stereocenters. The summed E-state index contributed by atoms with van der Waals surface area (Å²) in [4.78, 5) is 22.2. The summed E-state index contributed by atoms with van der Waals surface area (Å²) in [5, 5.41) is -0.637. The lowest BCUT2D eigenvalue weighted by Gasteiger charge is -2.19. The molecule has 3 rings (SSSR count). The number of rotatable bonds is 7. The third-order valence-corrected chi connectivity index (χ3v) is 6.36. The van der Waals surface area contributed by atoms with Crippen molar-refractivity contribution in [2.75, 3.05) is 18.5 Å². The Balaban J connectivity index is 1.88. The first-order chi connectivity index (χ1) is 16.4. The van der Waals surface area contributed by atoms with E-state index in [0.29, 0.717) is 12.0 Å². The van der Waals surface area contributed by atoms with Gasteiger partial charge in [-0.3, -0.25) is 4.79 Å². The molecule has 1 aromatic heterocycles. The molecule has 0 aliphatic heterocycles. The zero-order valence-electron chi connectivity index (χ0n) is 17.8. The van der Waals surface area contributed by atoms with Crippen LogP contribution in [0, 0.1) is 0 Å². The van der Waals surface area contributed by atoms with Crippen LogP contribution in [0.25, 0.3) is 5.83 Å². The van der Waals surface area contributed by atoms with Crippen molar-refractivity contribution >= 4 is 64.0 Å². The molecule has 0 radical (unpaired) electrons. The van der Waals surface area contributed by atoms with E-state index in [1.165, 1.54) is 29.4 Å². The predicted molar refractivity (Wildman–Crippen MR) is 130 cm³/mol. The van der Waals surface area contributed by atoms with E-state index in [0.717, 1.165) is 18.2 Å². The van der Waals surface area contributed by atoms with Gasteiger partial charge in [-0.2, -0.15) is 13.2 Å². The summed E-state index contributed by atoms with van der Waals surface area (Å²) < 4.78 is 56.1. The molecule has 3 aromatic rings. The zero-order valence-corrected chi connectivity index (χ0v) is 20.8. The van der Waals surface area contributed by atoms with Gasteiger partial charge in [0.05, 0.1) is 26.6 Å². The summed E-state index contributed by atoms with van der Waals surface area (Å²) >= 11 is 23.7. The van der Waals surface area contributed by atoms with Crippen LogP contribution >= 0.6 is 46.4 Å². The Hall–Kier alpha value is -2.39. The average Bonchev–Trinajstić information content (AvgIpc) is 2.80. The van der Waals surface area contributed by atoms with Crippen molar-refractivity contribution in [3.63, 3.8) is 0 Å². The van der Waals surface area contributed by atoms with Crippen LogP contribution in [0.5, 0.6) is 0 Å². The number of anilines is 1. The Kier molecular flexibility index (Phi) is 8.64. The second kappa shape index (κ2) is 11.1. The predicted octanol–water partition coefficient (Wildman–Crippen LogP) is 8.07. The fourth-order valence-electron chi connectivity index (χ4n) is 3.13. The fourth-order valence-corrected chi connectivity index (χ4v) is 4.03. The number of ketones is 1. The first-order valence-electron chi connectivity index (χ1n) is 9.78. The second-order valence-corrected chi connectivity index (χ2v) is 8.95. The highest BCUT2D eigenvalue weighted by Crippen LogP contribution is 2.42. The standard InChI is InChI=1S/C23H15Cl4F4N3O/c1-34(22-32-5-2-6-33-22)11-20(35)14-4-3-12(7-16(14)24)19(28)10-15(23(29,30)31)13-8-17(25)21(27)18(26)9-13/h2-10,15H,11H2,1H3/b19-10-. The van der Waals surface area contributed by atoms with E-state index in [1.54, 1.807) is 13.1 Å². The number of alkyl halides is 3. The summed E-state index contributed by atoms with van der Waals surface area (Å²) in [6, 6.07) is 7.05. The molecule has 1 heterocycles. The number of hydrogen-bond acceptors (Lipinski definition) is 4. The minimum atomic E-state index is -4.86. The van der Waals surface area contributed by atoms with Gasteiger partial charge in [-0.05, 0) is 42.0 Å². The Morgan fingerprint density at radius 3 is 2.17 bits per heavy atom. The molecule has 0 bridgehead atoms. The quantitative estimate of drug-likeness (QED) is 0.165. The molecule has 4 nitrogen and oxygen atoms in total. The first-order valence-corrected chi connectivity index (χ1v) is 11.3. The van der Waals surface area contributed by atoms with E-state index in [-0.39, 0.29) is 37.8 Å². The van der Waals surface area contributed by atoms with E-state index >= 15 is 0 Å². The van der Waals surface area contributed by atoms with Crippen LogP contribution in [0.15, 0.2) is 54.9 Å². The number of benzene rings is 2. The van der Waals surface area contributed by atoms with E-state index in [9.17, 15) is 22.4 Å². The van der Waals surface area contributed by atoms with Crippen molar-refractivity contribution in [1.82, 2.24) is 9.97 Å². The second-order valence-electron chi connectivity index (χ2n) is 7.36.